The summed E-state index contributed by atoms with van der Waals surface area (Å²) in [7, 11) is 3.23. The lowest BCUT2D eigenvalue weighted by atomic mass is 10.2. The van der Waals surface area contributed by atoms with Crippen LogP contribution in [0.2, 0.25) is 0 Å². The first-order valence-corrected chi connectivity index (χ1v) is 6.25. The Morgan fingerprint density at radius 3 is 1.05 bits per heavy atom. The number of hydrogen-bond acceptors (Lipinski definition) is 3. The van der Waals surface area contributed by atoms with E-state index in [2.05, 4.69) is 6.58 Å². The summed E-state index contributed by atoms with van der Waals surface area (Å²) in [5.41, 5.74) is 3.77. The molecule has 3 amide bonds. The molecule has 0 saturated carbocycles. The summed E-state index contributed by atoms with van der Waals surface area (Å²) in [4.78, 5) is 35.8. The van der Waals surface area contributed by atoms with Crippen LogP contribution in [0.25, 0.3) is 0 Å². The number of amides is 3. The topological polar surface area (TPSA) is 57.7 Å². The fourth-order valence-electron chi connectivity index (χ4n) is 1.92. The second kappa shape index (κ2) is 5.45. The lowest BCUT2D eigenvalue weighted by molar-refractivity contribution is -0.136. The first-order valence-electron chi connectivity index (χ1n) is 6.25. The molecule has 0 saturated heterocycles. The van der Waals surface area contributed by atoms with Crippen LogP contribution < -0.4 is 0 Å². The second-order valence-corrected chi connectivity index (χ2v) is 4.98. The molecule has 0 atom stereocenters. The third-order valence-corrected chi connectivity index (χ3v) is 3.84. The van der Waals surface area contributed by atoms with Gasteiger partial charge < -0.3 is 4.90 Å². The van der Waals surface area contributed by atoms with Crippen molar-refractivity contribution in [3.8, 4) is 0 Å². The number of hydrogen-bond donors (Lipinski definition) is 0. The number of carbonyl (C=O) groups excluding carboxylic acids is 3. The molecule has 2 aliphatic rings. The molecule has 0 spiro atoms. The van der Waals surface area contributed by atoms with Gasteiger partial charge in [0.05, 0.1) is 0 Å². The van der Waals surface area contributed by atoms with Crippen molar-refractivity contribution in [1.29, 1.82) is 0 Å². The summed E-state index contributed by atoms with van der Waals surface area (Å²) < 4.78 is 0. The van der Waals surface area contributed by atoms with Gasteiger partial charge >= 0.3 is 0 Å². The van der Waals surface area contributed by atoms with E-state index in [1.807, 2.05) is 13.8 Å². The summed E-state index contributed by atoms with van der Waals surface area (Å²) in [6.45, 7) is 10.8. The van der Waals surface area contributed by atoms with E-state index in [1.165, 1.54) is 7.05 Å². The van der Waals surface area contributed by atoms with Crippen molar-refractivity contribution in [2.24, 2.45) is 0 Å². The highest BCUT2D eigenvalue weighted by Gasteiger charge is 2.29. The molecule has 0 radical (unpaired) electrons. The number of carbonyl (C=O) groups is 3. The van der Waals surface area contributed by atoms with Crippen LogP contribution in [-0.4, -0.2) is 41.6 Å². The van der Waals surface area contributed by atoms with Crippen LogP contribution in [0, 0.1) is 0 Å². The first-order chi connectivity index (χ1) is 9.11. The molecule has 5 nitrogen and oxygen atoms in total. The Hall–Kier alpha value is -2.17. The molecule has 5 heteroatoms. The second-order valence-electron chi connectivity index (χ2n) is 4.98. The number of rotatable bonds is 0. The molecule has 2 heterocycles. The SMILES string of the molecule is C=C1C(C)=C(C)C(=O)N1C.CC1=C(C)C(=O)N(C)C1=O. The van der Waals surface area contributed by atoms with E-state index in [0.717, 1.165) is 21.7 Å². The first kappa shape index (κ1) is 15.9. The average molecular weight is 276 g/mol. The molecule has 0 aromatic rings. The van der Waals surface area contributed by atoms with Gasteiger partial charge in [0.25, 0.3) is 17.7 Å². The summed E-state index contributed by atoms with van der Waals surface area (Å²) in [6, 6.07) is 0. The van der Waals surface area contributed by atoms with Gasteiger partial charge in [-0.2, -0.15) is 0 Å². The Labute approximate surface area is 119 Å². The highest BCUT2D eigenvalue weighted by atomic mass is 16.2. The van der Waals surface area contributed by atoms with Gasteiger partial charge in [0.2, 0.25) is 0 Å². The molecule has 0 bridgehead atoms. The van der Waals surface area contributed by atoms with Crippen LogP contribution in [-0.2, 0) is 14.4 Å². The highest BCUT2D eigenvalue weighted by molar-refractivity contribution is 6.18. The molecule has 0 unspecified atom stereocenters. The average Bonchev–Trinajstić information content (AvgIpc) is 2.71. The standard InChI is InChI=1S/C8H11NO.C7H9NO2/c1-5-6(2)8(10)9(4)7(5)3;1-4-5(2)7(10)8(3)6(4)9/h3H2,1-2,4H3;1-3H3. The van der Waals surface area contributed by atoms with E-state index in [9.17, 15) is 14.4 Å². The maximum atomic E-state index is 11.1. The molecule has 0 aromatic carbocycles. The molecule has 0 N–H and O–H groups in total. The normalized spacial score (nSPS) is 19.3. The van der Waals surface area contributed by atoms with Gasteiger partial charge in [0.15, 0.2) is 0 Å². The number of likely N-dealkylation sites (N-methyl/N-ethyl adjacent to an activating group) is 2. The number of imide groups is 1. The number of allylic oxidation sites excluding steroid dienone is 1. The lowest BCUT2D eigenvalue weighted by Gasteiger charge is -2.09. The Morgan fingerprint density at radius 1 is 0.650 bits per heavy atom. The monoisotopic (exact) mass is 276 g/mol. The molecule has 2 aliphatic heterocycles. The van der Waals surface area contributed by atoms with E-state index in [0.29, 0.717) is 11.1 Å². The maximum Gasteiger partial charge on any atom is 0.256 e. The smallest absolute Gasteiger partial charge is 0.256 e. The molecule has 2 rings (SSSR count). The quantitative estimate of drug-likeness (QED) is 0.632. The van der Waals surface area contributed by atoms with Crippen LogP contribution >= 0.6 is 0 Å². The maximum absolute atomic E-state index is 11.1. The zero-order valence-electron chi connectivity index (χ0n) is 12.8. The van der Waals surface area contributed by atoms with Gasteiger partial charge in [0.1, 0.15) is 0 Å². The van der Waals surface area contributed by atoms with Crippen LogP contribution in [0.3, 0.4) is 0 Å². The third kappa shape index (κ3) is 2.43. The van der Waals surface area contributed by atoms with Crippen LogP contribution in [0.1, 0.15) is 27.7 Å². The Morgan fingerprint density at radius 2 is 0.950 bits per heavy atom. The predicted molar refractivity (Wildman–Crippen MR) is 76.4 cm³/mol. The summed E-state index contributed by atoms with van der Waals surface area (Å²) in [5, 5.41) is 0. The zero-order valence-corrected chi connectivity index (χ0v) is 12.8. The third-order valence-electron chi connectivity index (χ3n) is 3.84. The zero-order chi connectivity index (χ0) is 15.8. The predicted octanol–water partition coefficient (Wildman–Crippen LogP) is 1.63. The van der Waals surface area contributed by atoms with Crippen molar-refractivity contribution >= 4 is 17.7 Å². The van der Waals surface area contributed by atoms with Crippen molar-refractivity contribution in [3.05, 3.63) is 34.6 Å². The minimum absolute atomic E-state index is 0.0718. The van der Waals surface area contributed by atoms with Crippen molar-refractivity contribution < 1.29 is 14.4 Å². The molecule has 0 fully saturated rings. The van der Waals surface area contributed by atoms with Gasteiger partial charge in [0, 0.05) is 36.5 Å². The van der Waals surface area contributed by atoms with Crippen molar-refractivity contribution in [1.82, 2.24) is 9.80 Å². The Kier molecular flexibility index (Phi) is 4.33. The van der Waals surface area contributed by atoms with E-state index in [-0.39, 0.29) is 17.7 Å². The summed E-state index contributed by atoms with van der Waals surface area (Å²) >= 11 is 0. The number of nitrogens with zero attached hydrogens (tertiary/aromatic N) is 2. The van der Waals surface area contributed by atoms with E-state index in [4.69, 9.17) is 0 Å². The van der Waals surface area contributed by atoms with Crippen LogP contribution in [0.5, 0.6) is 0 Å². The summed E-state index contributed by atoms with van der Waals surface area (Å²) in [6.07, 6.45) is 0. The highest BCUT2D eigenvalue weighted by Crippen LogP contribution is 2.24. The fourth-order valence-corrected chi connectivity index (χ4v) is 1.92. The molecular weight excluding hydrogens is 256 g/mol. The van der Waals surface area contributed by atoms with Gasteiger partial charge in [-0.25, -0.2) is 0 Å². The lowest BCUT2D eigenvalue weighted by Crippen LogP contribution is -2.26. The molecule has 0 aliphatic carbocycles. The summed E-state index contributed by atoms with van der Waals surface area (Å²) in [5.74, 6) is -0.285. The van der Waals surface area contributed by atoms with Crippen molar-refractivity contribution in [2.75, 3.05) is 14.1 Å². The molecule has 108 valence electrons. The van der Waals surface area contributed by atoms with E-state index < -0.39 is 0 Å². The minimum Gasteiger partial charge on any atom is -0.312 e. The van der Waals surface area contributed by atoms with E-state index >= 15 is 0 Å². The van der Waals surface area contributed by atoms with Gasteiger partial charge in [-0.1, -0.05) is 6.58 Å². The van der Waals surface area contributed by atoms with Crippen LogP contribution in [0.4, 0.5) is 0 Å². The molecule has 0 aromatic heterocycles. The molecule has 20 heavy (non-hydrogen) atoms. The fraction of sp³-hybridized carbons (Fsp3) is 0.400. The Balaban J connectivity index is 0.000000200. The van der Waals surface area contributed by atoms with E-state index in [1.54, 1.807) is 25.8 Å². The van der Waals surface area contributed by atoms with Crippen molar-refractivity contribution in [3.63, 3.8) is 0 Å². The van der Waals surface area contributed by atoms with Gasteiger partial charge in [-0.3, -0.25) is 19.3 Å². The molecular formula is C15H20N2O3. The van der Waals surface area contributed by atoms with Crippen molar-refractivity contribution in [2.45, 2.75) is 27.7 Å². The Bertz CT molecular complexity index is 482. The minimum atomic E-state index is -0.178. The largest absolute Gasteiger partial charge is 0.312 e. The van der Waals surface area contributed by atoms with Gasteiger partial charge in [-0.05, 0) is 33.3 Å². The van der Waals surface area contributed by atoms with Gasteiger partial charge in [-0.15, -0.1) is 0 Å². The van der Waals surface area contributed by atoms with Crippen LogP contribution in [0.15, 0.2) is 34.6 Å².